The maximum atomic E-state index is 13.1. The average molecular weight is 540 g/mol. The molecule has 0 bridgehead atoms. The van der Waals surface area contributed by atoms with Gasteiger partial charge in [-0.2, -0.15) is 4.99 Å². The van der Waals surface area contributed by atoms with E-state index < -0.39 is 18.0 Å². The Bertz CT molecular complexity index is 1130. The van der Waals surface area contributed by atoms with E-state index in [1.807, 2.05) is 30.3 Å². The minimum Gasteiger partial charge on any atom is -0.443 e. The van der Waals surface area contributed by atoms with Gasteiger partial charge in [0, 0.05) is 24.2 Å². The Hall–Kier alpha value is -3.52. The van der Waals surface area contributed by atoms with Crippen molar-refractivity contribution in [3.63, 3.8) is 0 Å². The molecule has 8 nitrogen and oxygen atoms in total. The summed E-state index contributed by atoms with van der Waals surface area (Å²) in [4.78, 5) is 55.4. The molecule has 0 radical (unpaired) electrons. The van der Waals surface area contributed by atoms with Crippen molar-refractivity contribution in [3.8, 4) is 0 Å². The Balaban J connectivity index is 1.62. The normalized spacial score (nSPS) is 14.8. The first-order valence-electron chi connectivity index (χ1n) is 12.9. The van der Waals surface area contributed by atoms with Gasteiger partial charge in [0.25, 0.3) is 5.91 Å². The van der Waals surface area contributed by atoms with Crippen LogP contribution in [0.15, 0.2) is 59.6 Å². The third-order valence-corrected chi connectivity index (χ3v) is 6.85. The topological polar surface area (TPSA) is 105 Å². The first-order valence-corrected chi connectivity index (χ1v) is 13.3. The number of rotatable bonds is 11. The van der Waals surface area contributed by atoms with E-state index in [4.69, 9.17) is 16.3 Å². The number of hydrogen-bond donors (Lipinski definition) is 1. The second-order valence-electron chi connectivity index (χ2n) is 9.49. The molecule has 3 rings (SSSR count). The number of aliphatic imine (C=N–C) groups is 1. The van der Waals surface area contributed by atoms with E-state index in [1.54, 1.807) is 31.3 Å². The van der Waals surface area contributed by atoms with E-state index in [0.717, 1.165) is 37.8 Å². The summed E-state index contributed by atoms with van der Waals surface area (Å²) < 4.78 is 5.25. The molecule has 9 heteroatoms. The first kappa shape index (κ1) is 29.0. The molecule has 3 amide bonds. The van der Waals surface area contributed by atoms with Crippen LogP contribution in [-0.2, 0) is 25.7 Å². The van der Waals surface area contributed by atoms with Crippen molar-refractivity contribution in [3.05, 3.63) is 65.2 Å². The molecule has 1 atom stereocenters. The molecule has 1 N–H and O–H groups in total. The Morgan fingerprint density at radius 2 is 1.84 bits per heavy atom. The van der Waals surface area contributed by atoms with Crippen LogP contribution in [0, 0.1) is 5.92 Å². The van der Waals surface area contributed by atoms with Gasteiger partial charge in [-0.25, -0.2) is 4.79 Å². The number of hydrogen-bond acceptors (Lipinski definition) is 5. The summed E-state index contributed by atoms with van der Waals surface area (Å²) >= 11 is 5.98. The summed E-state index contributed by atoms with van der Waals surface area (Å²) in [5.41, 5.74) is 1.47. The molecule has 2 aromatic carbocycles. The Kier molecular flexibility index (Phi) is 11.5. The molecule has 202 valence electrons. The first-order chi connectivity index (χ1) is 18.4. The van der Waals surface area contributed by atoms with Gasteiger partial charge in [0.05, 0.1) is 6.04 Å². The van der Waals surface area contributed by atoms with Gasteiger partial charge in [-0.1, -0.05) is 74.0 Å². The lowest BCUT2D eigenvalue weighted by atomic mass is 9.85. The van der Waals surface area contributed by atoms with E-state index in [1.165, 1.54) is 4.90 Å². The molecule has 0 unspecified atom stereocenters. The SMILES string of the molecule is CN(C(=O)CC[C@@H](C=O)NC(=O)C(CC1CCCCC1)=NC(=O)OCc1cccc(Cl)c1)c1ccccc1. The number of aldehydes is 1. The Morgan fingerprint density at radius 3 is 2.53 bits per heavy atom. The predicted octanol–water partition coefficient (Wildman–Crippen LogP) is 5.51. The van der Waals surface area contributed by atoms with Crippen LogP contribution in [0.1, 0.15) is 56.9 Å². The lowest BCUT2D eigenvalue weighted by Gasteiger charge is -2.22. The number of nitrogens with one attached hydrogen (secondary N) is 1. The summed E-state index contributed by atoms with van der Waals surface area (Å²) in [5, 5.41) is 3.16. The van der Waals surface area contributed by atoms with Crippen molar-refractivity contribution in [1.82, 2.24) is 5.32 Å². The summed E-state index contributed by atoms with van der Waals surface area (Å²) in [5.74, 6) is -0.556. The van der Waals surface area contributed by atoms with Gasteiger partial charge < -0.3 is 19.7 Å². The van der Waals surface area contributed by atoms with Gasteiger partial charge in [0.1, 0.15) is 18.6 Å². The molecule has 1 aliphatic rings. The van der Waals surface area contributed by atoms with Crippen molar-refractivity contribution < 1.29 is 23.9 Å². The zero-order valence-corrected chi connectivity index (χ0v) is 22.4. The molecule has 1 saturated carbocycles. The van der Waals surface area contributed by atoms with Crippen molar-refractivity contribution in [1.29, 1.82) is 0 Å². The molecule has 38 heavy (non-hydrogen) atoms. The number of para-hydroxylation sites is 1. The molecule has 0 heterocycles. The van der Waals surface area contributed by atoms with Gasteiger partial charge >= 0.3 is 6.09 Å². The summed E-state index contributed by atoms with van der Waals surface area (Å²) in [6, 6.07) is 15.2. The minimum absolute atomic E-state index is 0.0325. The maximum Gasteiger partial charge on any atom is 0.434 e. The average Bonchev–Trinajstić information content (AvgIpc) is 2.94. The zero-order valence-electron chi connectivity index (χ0n) is 21.6. The van der Waals surface area contributed by atoms with Crippen molar-refractivity contribution in [2.75, 3.05) is 11.9 Å². The highest BCUT2D eigenvalue weighted by molar-refractivity contribution is 6.40. The van der Waals surface area contributed by atoms with Crippen LogP contribution in [0.4, 0.5) is 10.5 Å². The molecule has 0 saturated heterocycles. The van der Waals surface area contributed by atoms with Crippen molar-refractivity contribution in [2.24, 2.45) is 10.9 Å². The number of carbonyl (C=O) groups is 4. The third-order valence-electron chi connectivity index (χ3n) is 6.61. The van der Waals surface area contributed by atoms with Gasteiger partial charge in [-0.05, 0) is 48.6 Å². The number of carbonyl (C=O) groups excluding carboxylic acids is 4. The molecule has 1 aliphatic carbocycles. The van der Waals surface area contributed by atoms with Crippen LogP contribution < -0.4 is 10.2 Å². The maximum absolute atomic E-state index is 13.1. The Labute approximate surface area is 228 Å². The van der Waals surface area contributed by atoms with Crippen LogP contribution in [0.5, 0.6) is 0 Å². The molecular formula is C29H34ClN3O5. The number of nitrogens with zero attached hydrogens (tertiary/aromatic N) is 2. The number of halogens is 1. The van der Waals surface area contributed by atoms with Crippen LogP contribution in [0.2, 0.25) is 5.02 Å². The third kappa shape index (κ3) is 9.41. The highest BCUT2D eigenvalue weighted by Crippen LogP contribution is 2.27. The van der Waals surface area contributed by atoms with E-state index in [0.29, 0.717) is 23.3 Å². The van der Waals surface area contributed by atoms with Crippen LogP contribution in [0.3, 0.4) is 0 Å². The number of anilines is 1. The van der Waals surface area contributed by atoms with Crippen molar-refractivity contribution >= 4 is 47.2 Å². The standard InChI is InChI=1S/C29H34ClN3O5/c1-33(25-13-6-3-7-14-25)27(35)16-15-24(19-34)31-28(36)26(18-21-9-4-2-5-10-21)32-29(37)38-20-22-11-8-12-23(30)17-22/h3,6-8,11-14,17,19,21,24H,2,4-5,9-10,15-16,18,20H2,1H3,(H,31,36)/t24-/m0/s1. The van der Waals surface area contributed by atoms with Gasteiger partial charge in [0.15, 0.2) is 0 Å². The summed E-state index contributed by atoms with van der Waals surface area (Å²) in [7, 11) is 1.66. The lowest BCUT2D eigenvalue weighted by Crippen LogP contribution is -2.42. The number of benzene rings is 2. The zero-order chi connectivity index (χ0) is 27.3. The quantitative estimate of drug-likeness (QED) is 0.299. The molecule has 0 aliphatic heterocycles. The fourth-order valence-electron chi connectivity index (χ4n) is 4.44. The summed E-state index contributed by atoms with van der Waals surface area (Å²) in [6.45, 7) is -0.0325. The van der Waals surface area contributed by atoms with Crippen LogP contribution in [0.25, 0.3) is 0 Å². The van der Waals surface area contributed by atoms with Gasteiger partial charge in [0.2, 0.25) is 5.91 Å². The predicted molar refractivity (Wildman–Crippen MR) is 147 cm³/mol. The highest BCUT2D eigenvalue weighted by Gasteiger charge is 2.24. The van der Waals surface area contributed by atoms with Crippen molar-refractivity contribution in [2.45, 2.75) is 64.0 Å². The summed E-state index contributed by atoms with van der Waals surface area (Å²) in [6.07, 6.45) is 5.39. The highest BCUT2D eigenvalue weighted by atomic mass is 35.5. The van der Waals surface area contributed by atoms with Crippen LogP contribution in [-0.4, -0.2) is 43.0 Å². The fourth-order valence-corrected chi connectivity index (χ4v) is 4.65. The van der Waals surface area contributed by atoms with E-state index in [2.05, 4.69) is 10.3 Å². The molecule has 2 aromatic rings. The monoisotopic (exact) mass is 539 g/mol. The lowest BCUT2D eigenvalue weighted by molar-refractivity contribution is -0.121. The van der Waals surface area contributed by atoms with Crippen LogP contribution >= 0.6 is 11.6 Å². The van der Waals surface area contributed by atoms with E-state index in [-0.39, 0.29) is 37.0 Å². The molecule has 0 spiro atoms. The Morgan fingerprint density at radius 1 is 1.11 bits per heavy atom. The number of ether oxygens (including phenoxy) is 1. The van der Waals surface area contributed by atoms with Gasteiger partial charge in [-0.15, -0.1) is 0 Å². The largest absolute Gasteiger partial charge is 0.443 e. The molecular weight excluding hydrogens is 506 g/mol. The van der Waals surface area contributed by atoms with Gasteiger partial charge in [-0.3, -0.25) is 9.59 Å². The van der Waals surface area contributed by atoms with E-state index >= 15 is 0 Å². The second-order valence-corrected chi connectivity index (χ2v) is 9.93. The minimum atomic E-state index is -0.894. The molecule has 1 fully saturated rings. The fraction of sp³-hybridized carbons (Fsp3) is 0.414. The second kappa shape index (κ2) is 15.0. The molecule has 0 aromatic heterocycles. The number of amides is 3. The smallest absolute Gasteiger partial charge is 0.434 e. The van der Waals surface area contributed by atoms with E-state index in [9.17, 15) is 19.2 Å².